The van der Waals surface area contributed by atoms with Gasteiger partial charge >= 0.3 is 0 Å². The minimum Gasteiger partial charge on any atom is -0.376 e. The fraction of sp³-hybridized carbons (Fsp3) is 0.312. The van der Waals surface area contributed by atoms with Gasteiger partial charge in [0, 0.05) is 18.5 Å². The second-order valence-corrected chi connectivity index (χ2v) is 6.47. The molecule has 24 heavy (non-hydrogen) atoms. The Morgan fingerprint density at radius 3 is 3.12 bits per heavy atom. The number of hydrogen-bond donors (Lipinski definition) is 3. The lowest BCUT2D eigenvalue weighted by molar-refractivity contribution is 0.102. The van der Waals surface area contributed by atoms with Crippen molar-refractivity contribution in [1.82, 2.24) is 15.0 Å². The Bertz CT molecular complexity index is 820. The fourth-order valence-corrected chi connectivity index (χ4v) is 3.35. The summed E-state index contributed by atoms with van der Waals surface area (Å²) >= 11 is 1.41. The number of H-pyrrole nitrogens is 1. The van der Waals surface area contributed by atoms with Crippen molar-refractivity contribution in [2.24, 2.45) is 0 Å². The van der Waals surface area contributed by atoms with Crippen LogP contribution in [0.2, 0.25) is 0 Å². The maximum absolute atomic E-state index is 12.3. The molecule has 0 saturated carbocycles. The third-order valence-corrected chi connectivity index (χ3v) is 4.66. The number of aromatic amines is 1. The summed E-state index contributed by atoms with van der Waals surface area (Å²) < 4.78 is 5.56. The summed E-state index contributed by atoms with van der Waals surface area (Å²) in [5.41, 5.74) is 2.06. The van der Waals surface area contributed by atoms with Gasteiger partial charge in [0.05, 0.1) is 17.1 Å². The number of amides is 1. The predicted octanol–water partition coefficient (Wildman–Crippen LogP) is 2.86. The Morgan fingerprint density at radius 2 is 2.29 bits per heavy atom. The lowest BCUT2D eigenvalue weighted by Crippen LogP contribution is -2.18. The summed E-state index contributed by atoms with van der Waals surface area (Å²) in [5.74, 6) is 0.138. The highest BCUT2D eigenvalue weighted by atomic mass is 32.1. The van der Waals surface area contributed by atoms with Crippen LogP contribution in [0, 0.1) is 0 Å². The van der Waals surface area contributed by atoms with Gasteiger partial charge in [-0.15, -0.1) is 11.3 Å². The van der Waals surface area contributed by atoms with Crippen molar-refractivity contribution in [3.63, 3.8) is 0 Å². The van der Waals surface area contributed by atoms with Crippen LogP contribution in [0.3, 0.4) is 0 Å². The van der Waals surface area contributed by atoms with Gasteiger partial charge in [0.15, 0.2) is 5.13 Å². The fourth-order valence-electron chi connectivity index (χ4n) is 2.65. The first-order valence-corrected chi connectivity index (χ1v) is 8.73. The minimum atomic E-state index is -0.282. The molecule has 7 nitrogen and oxygen atoms in total. The highest BCUT2D eigenvalue weighted by Crippen LogP contribution is 2.19. The van der Waals surface area contributed by atoms with Crippen LogP contribution >= 0.6 is 11.3 Å². The van der Waals surface area contributed by atoms with E-state index in [2.05, 4.69) is 25.6 Å². The predicted molar refractivity (Wildman–Crippen MR) is 93.6 cm³/mol. The van der Waals surface area contributed by atoms with Crippen LogP contribution < -0.4 is 10.6 Å². The minimum absolute atomic E-state index is 0.238. The third kappa shape index (κ3) is 3.24. The number of ether oxygens (including phenoxy) is 1. The Balaban J connectivity index is 1.39. The van der Waals surface area contributed by atoms with Crippen LogP contribution in [0.4, 0.5) is 11.1 Å². The second-order valence-electron chi connectivity index (χ2n) is 5.61. The Labute approximate surface area is 142 Å². The van der Waals surface area contributed by atoms with E-state index in [1.165, 1.54) is 11.3 Å². The molecule has 4 rings (SSSR count). The molecule has 1 aliphatic rings. The van der Waals surface area contributed by atoms with Gasteiger partial charge in [-0.05, 0) is 25.0 Å². The number of thiazole rings is 1. The van der Waals surface area contributed by atoms with E-state index in [0.717, 1.165) is 42.2 Å². The zero-order valence-electron chi connectivity index (χ0n) is 12.9. The van der Waals surface area contributed by atoms with Gasteiger partial charge in [-0.2, -0.15) is 0 Å². The standard InChI is InChI=1S/C16H17N5O2S/c22-14(21-15-18-11-5-1-2-6-12(11)19-15)13-9-24-16(20-13)17-8-10-4-3-7-23-10/h1-2,5-6,9-10H,3-4,7-8H2,(H,17,20)(H2,18,19,21,22)/t10-/m1/s1. The summed E-state index contributed by atoms with van der Waals surface area (Å²) in [4.78, 5) is 24.0. The van der Waals surface area contributed by atoms with Gasteiger partial charge in [0.1, 0.15) is 5.69 Å². The normalized spacial score (nSPS) is 17.2. The largest absolute Gasteiger partial charge is 0.376 e. The van der Waals surface area contributed by atoms with Crippen molar-refractivity contribution in [3.8, 4) is 0 Å². The molecule has 124 valence electrons. The molecule has 2 aromatic heterocycles. The highest BCUT2D eigenvalue weighted by molar-refractivity contribution is 7.13. The maximum Gasteiger partial charge on any atom is 0.277 e. The molecule has 1 atom stereocenters. The third-order valence-electron chi connectivity index (χ3n) is 3.86. The average molecular weight is 343 g/mol. The highest BCUT2D eigenvalue weighted by Gasteiger charge is 2.17. The van der Waals surface area contributed by atoms with Gasteiger partial charge in [0.2, 0.25) is 5.95 Å². The zero-order valence-corrected chi connectivity index (χ0v) is 13.7. The van der Waals surface area contributed by atoms with E-state index >= 15 is 0 Å². The molecule has 0 radical (unpaired) electrons. The van der Waals surface area contributed by atoms with E-state index in [1.54, 1.807) is 5.38 Å². The molecule has 0 bridgehead atoms. The van der Waals surface area contributed by atoms with Crippen molar-refractivity contribution in [3.05, 3.63) is 35.3 Å². The van der Waals surface area contributed by atoms with Crippen LogP contribution in [0.1, 0.15) is 23.3 Å². The van der Waals surface area contributed by atoms with E-state index in [-0.39, 0.29) is 12.0 Å². The number of nitrogens with zero attached hydrogens (tertiary/aromatic N) is 2. The summed E-state index contributed by atoms with van der Waals surface area (Å²) in [6.07, 6.45) is 2.41. The van der Waals surface area contributed by atoms with Gasteiger partial charge < -0.3 is 15.0 Å². The number of carbonyl (C=O) groups is 1. The van der Waals surface area contributed by atoms with Gasteiger partial charge in [-0.1, -0.05) is 12.1 Å². The number of aromatic nitrogens is 3. The van der Waals surface area contributed by atoms with E-state index in [0.29, 0.717) is 11.6 Å². The quantitative estimate of drug-likeness (QED) is 0.662. The molecular formula is C16H17N5O2S. The average Bonchev–Trinajstić information content (AvgIpc) is 3.32. The molecule has 3 aromatic rings. The molecule has 1 fully saturated rings. The molecule has 1 aromatic carbocycles. The summed E-state index contributed by atoms with van der Waals surface area (Å²) in [6.45, 7) is 1.55. The van der Waals surface area contributed by atoms with Crippen LogP contribution in [0.5, 0.6) is 0 Å². The summed E-state index contributed by atoms with van der Waals surface area (Å²) in [5, 5.41) is 8.42. The van der Waals surface area contributed by atoms with Gasteiger partial charge in [0.25, 0.3) is 5.91 Å². The van der Waals surface area contributed by atoms with Crippen LogP contribution in [-0.4, -0.2) is 40.1 Å². The molecule has 3 heterocycles. The molecule has 0 unspecified atom stereocenters. The van der Waals surface area contributed by atoms with Gasteiger partial charge in [-0.25, -0.2) is 9.97 Å². The van der Waals surface area contributed by atoms with Crippen LogP contribution in [0.15, 0.2) is 29.6 Å². The first-order valence-electron chi connectivity index (χ1n) is 7.85. The molecule has 0 spiro atoms. The van der Waals surface area contributed by atoms with Crippen molar-refractivity contribution in [2.75, 3.05) is 23.8 Å². The van der Waals surface area contributed by atoms with Crippen molar-refractivity contribution in [1.29, 1.82) is 0 Å². The lowest BCUT2D eigenvalue weighted by Gasteiger charge is -2.09. The monoisotopic (exact) mass is 343 g/mol. The first-order chi connectivity index (χ1) is 11.8. The van der Waals surface area contributed by atoms with E-state index < -0.39 is 0 Å². The summed E-state index contributed by atoms with van der Waals surface area (Å²) in [7, 11) is 0. The second kappa shape index (κ2) is 6.58. The molecule has 3 N–H and O–H groups in total. The van der Waals surface area contributed by atoms with E-state index in [1.807, 2.05) is 24.3 Å². The van der Waals surface area contributed by atoms with Crippen molar-refractivity contribution >= 4 is 39.4 Å². The topological polar surface area (TPSA) is 91.9 Å². The molecular weight excluding hydrogens is 326 g/mol. The number of para-hydroxylation sites is 2. The number of anilines is 2. The Kier molecular flexibility index (Phi) is 4.14. The molecule has 1 aliphatic heterocycles. The summed E-state index contributed by atoms with van der Waals surface area (Å²) in [6, 6.07) is 7.62. The van der Waals surface area contributed by atoms with Crippen LogP contribution in [-0.2, 0) is 4.74 Å². The van der Waals surface area contributed by atoms with Crippen LogP contribution in [0.25, 0.3) is 11.0 Å². The van der Waals surface area contributed by atoms with Crippen molar-refractivity contribution < 1.29 is 9.53 Å². The number of imidazole rings is 1. The van der Waals surface area contributed by atoms with E-state index in [9.17, 15) is 4.79 Å². The Morgan fingerprint density at radius 1 is 1.38 bits per heavy atom. The smallest absolute Gasteiger partial charge is 0.277 e. The number of benzene rings is 1. The maximum atomic E-state index is 12.3. The lowest BCUT2D eigenvalue weighted by atomic mass is 10.2. The van der Waals surface area contributed by atoms with E-state index in [4.69, 9.17) is 4.74 Å². The van der Waals surface area contributed by atoms with Gasteiger partial charge in [-0.3, -0.25) is 10.1 Å². The number of hydrogen-bond acceptors (Lipinski definition) is 6. The SMILES string of the molecule is O=C(Nc1nc2ccccc2[nH]1)c1csc(NC[C@H]2CCCO2)n1. The number of carbonyl (C=O) groups excluding carboxylic acids is 1. The molecule has 1 saturated heterocycles. The molecule has 1 amide bonds. The molecule has 0 aliphatic carbocycles. The number of rotatable bonds is 5. The Hall–Kier alpha value is -2.45. The number of nitrogens with one attached hydrogen (secondary N) is 3. The zero-order chi connectivity index (χ0) is 16.4. The van der Waals surface area contributed by atoms with Crippen molar-refractivity contribution in [2.45, 2.75) is 18.9 Å². The molecule has 8 heteroatoms. The first kappa shape index (κ1) is 15.1. The number of fused-ring (bicyclic) bond motifs is 1.